The van der Waals surface area contributed by atoms with Crippen LogP contribution in [0.3, 0.4) is 0 Å². The lowest BCUT2D eigenvalue weighted by Gasteiger charge is -2.29. The summed E-state index contributed by atoms with van der Waals surface area (Å²) >= 11 is 0. The standard InChI is InChI=1S/C27H31N3O4/c1-34-22-11-9-20(10-12-22)28-14-5-15-29(17-16-28)25(31)19-8-13-23-24(18-19)27(33)30(26(23)32)21-6-3-2-4-7-21/h8-13,18,21H,2-7,14-17H2,1H3. The zero-order chi connectivity index (χ0) is 23.7. The maximum atomic E-state index is 13.3. The van der Waals surface area contributed by atoms with Crippen molar-refractivity contribution in [2.45, 2.75) is 44.6 Å². The Kier molecular flexibility index (Phi) is 6.26. The SMILES string of the molecule is COc1ccc(N2CCCN(C(=O)c3ccc4c(c3)C(=O)N(C3CCCCC3)C4=O)CC2)cc1. The molecule has 5 rings (SSSR count). The van der Waals surface area contributed by atoms with Crippen LogP contribution in [0, 0.1) is 0 Å². The number of rotatable bonds is 4. The Labute approximate surface area is 200 Å². The van der Waals surface area contributed by atoms with Crippen LogP contribution in [0.2, 0.25) is 0 Å². The molecule has 0 spiro atoms. The smallest absolute Gasteiger partial charge is 0.261 e. The lowest BCUT2D eigenvalue weighted by molar-refractivity contribution is 0.0548. The average Bonchev–Trinajstić information content (AvgIpc) is 3.03. The third-order valence-electron chi connectivity index (χ3n) is 7.33. The molecule has 0 bridgehead atoms. The van der Waals surface area contributed by atoms with Gasteiger partial charge >= 0.3 is 0 Å². The monoisotopic (exact) mass is 461 g/mol. The van der Waals surface area contributed by atoms with Crippen LogP contribution >= 0.6 is 0 Å². The molecule has 0 radical (unpaired) electrons. The number of carbonyl (C=O) groups is 3. The van der Waals surface area contributed by atoms with E-state index in [1.165, 1.54) is 4.90 Å². The second-order valence-electron chi connectivity index (χ2n) is 9.36. The summed E-state index contributed by atoms with van der Waals surface area (Å²) in [5.74, 6) is 0.275. The van der Waals surface area contributed by atoms with Crippen molar-refractivity contribution in [2.24, 2.45) is 0 Å². The molecule has 0 unspecified atom stereocenters. The molecule has 2 aromatic rings. The number of benzene rings is 2. The van der Waals surface area contributed by atoms with Gasteiger partial charge in [-0.25, -0.2) is 0 Å². The molecule has 178 valence electrons. The van der Waals surface area contributed by atoms with Crippen molar-refractivity contribution in [3.63, 3.8) is 0 Å². The van der Waals surface area contributed by atoms with Gasteiger partial charge in [-0.15, -0.1) is 0 Å². The summed E-state index contributed by atoms with van der Waals surface area (Å²) in [6.45, 7) is 2.85. The molecule has 34 heavy (non-hydrogen) atoms. The molecule has 0 atom stereocenters. The minimum atomic E-state index is -0.247. The molecular formula is C27H31N3O4. The minimum Gasteiger partial charge on any atom is -0.497 e. The van der Waals surface area contributed by atoms with Gasteiger partial charge in [0.05, 0.1) is 18.2 Å². The number of hydrogen-bond acceptors (Lipinski definition) is 5. The molecule has 7 nitrogen and oxygen atoms in total. The lowest BCUT2D eigenvalue weighted by atomic mass is 9.94. The molecule has 2 fully saturated rings. The fraction of sp³-hybridized carbons (Fsp3) is 0.444. The van der Waals surface area contributed by atoms with Gasteiger partial charge in [-0.3, -0.25) is 19.3 Å². The highest BCUT2D eigenvalue weighted by atomic mass is 16.5. The highest BCUT2D eigenvalue weighted by Crippen LogP contribution is 2.32. The highest BCUT2D eigenvalue weighted by Gasteiger charge is 2.40. The molecule has 3 aliphatic rings. The van der Waals surface area contributed by atoms with Crippen molar-refractivity contribution in [3.05, 3.63) is 59.2 Å². The van der Waals surface area contributed by atoms with Gasteiger partial charge in [-0.2, -0.15) is 0 Å². The molecule has 3 amide bonds. The first-order chi connectivity index (χ1) is 16.6. The minimum absolute atomic E-state index is 0.0187. The Morgan fingerprint density at radius 1 is 0.824 bits per heavy atom. The zero-order valence-electron chi connectivity index (χ0n) is 19.7. The zero-order valence-corrected chi connectivity index (χ0v) is 19.7. The number of ether oxygens (including phenoxy) is 1. The molecule has 1 saturated carbocycles. The predicted molar refractivity (Wildman–Crippen MR) is 130 cm³/mol. The van der Waals surface area contributed by atoms with Crippen LogP contribution < -0.4 is 9.64 Å². The summed E-state index contributed by atoms with van der Waals surface area (Å²) < 4.78 is 5.25. The van der Waals surface area contributed by atoms with Crippen LogP contribution in [-0.2, 0) is 0 Å². The maximum absolute atomic E-state index is 13.3. The van der Waals surface area contributed by atoms with E-state index in [4.69, 9.17) is 4.74 Å². The Hall–Kier alpha value is -3.35. The van der Waals surface area contributed by atoms with Gasteiger partial charge in [0.15, 0.2) is 0 Å². The average molecular weight is 462 g/mol. The Morgan fingerprint density at radius 2 is 1.56 bits per heavy atom. The fourth-order valence-electron chi connectivity index (χ4n) is 5.42. The Morgan fingerprint density at radius 3 is 2.29 bits per heavy atom. The third-order valence-corrected chi connectivity index (χ3v) is 7.33. The van der Waals surface area contributed by atoms with Crippen molar-refractivity contribution in [2.75, 3.05) is 38.2 Å². The summed E-state index contributed by atoms with van der Waals surface area (Å²) in [7, 11) is 1.65. The number of imide groups is 1. The molecule has 2 heterocycles. The largest absolute Gasteiger partial charge is 0.497 e. The number of methoxy groups -OCH3 is 1. The Balaban J connectivity index is 1.29. The predicted octanol–water partition coefficient (Wildman–Crippen LogP) is 3.98. The van der Waals surface area contributed by atoms with Gasteiger partial charge in [-0.1, -0.05) is 19.3 Å². The van der Waals surface area contributed by atoms with Crippen molar-refractivity contribution in [1.82, 2.24) is 9.80 Å². The summed E-state index contributed by atoms with van der Waals surface area (Å²) in [6.07, 6.45) is 5.85. The molecule has 1 aliphatic carbocycles. The molecule has 2 aliphatic heterocycles. The molecule has 2 aromatic carbocycles. The lowest BCUT2D eigenvalue weighted by Crippen LogP contribution is -2.40. The van der Waals surface area contributed by atoms with Gasteiger partial charge in [-0.05, 0) is 61.7 Å². The van der Waals surface area contributed by atoms with Crippen LogP contribution in [0.25, 0.3) is 0 Å². The van der Waals surface area contributed by atoms with Gasteiger partial charge in [0.2, 0.25) is 0 Å². The van der Waals surface area contributed by atoms with Crippen molar-refractivity contribution < 1.29 is 19.1 Å². The van der Waals surface area contributed by atoms with Crippen molar-refractivity contribution >= 4 is 23.4 Å². The molecule has 7 heteroatoms. The van der Waals surface area contributed by atoms with Gasteiger partial charge < -0.3 is 14.5 Å². The summed E-state index contributed by atoms with van der Waals surface area (Å²) in [6, 6.07) is 12.9. The highest BCUT2D eigenvalue weighted by molar-refractivity contribution is 6.22. The number of hydrogen-bond donors (Lipinski definition) is 0. The normalized spacial score (nSPS) is 19.3. The van der Waals surface area contributed by atoms with Gasteiger partial charge in [0, 0.05) is 43.5 Å². The molecule has 0 aromatic heterocycles. The molecular weight excluding hydrogens is 430 g/mol. The van der Waals surface area contributed by atoms with E-state index < -0.39 is 0 Å². The third kappa shape index (κ3) is 4.15. The van der Waals surface area contributed by atoms with Crippen molar-refractivity contribution in [1.29, 1.82) is 0 Å². The number of anilines is 1. The van der Waals surface area contributed by atoms with E-state index in [1.807, 2.05) is 29.2 Å². The van der Waals surface area contributed by atoms with Crippen LogP contribution in [0.15, 0.2) is 42.5 Å². The van der Waals surface area contributed by atoms with E-state index in [2.05, 4.69) is 4.90 Å². The summed E-state index contributed by atoms with van der Waals surface area (Å²) in [5.41, 5.74) is 2.38. The number of fused-ring (bicyclic) bond motifs is 1. The van der Waals surface area contributed by atoms with Gasteiger partial charge in [0.1, 0.15) is 5.75 Å². The number of amides is 3. The summed E-state index contributed by atoms with van der Waals surface area (Å²) in [5, 5.41) is 0. The fourth-order valence-corrected chi connectivity index (χ4v) is 5.42. The first kappa shape index (κ1) is 22.4. The topological polar surface area (TPSA) is 70.2 Å². The number of carbonyl (C=O) groups excluding carboxylic acids is 3. The van der Waals surface area contributed by atoms with E-state index in [-0.39, 0.29) is 23.8 Å². The maximum Gasteiger partial charge on any atom is 0.261 e. The van der Waals surface area contributed by atoms with E-state index in [1.54, 1.807) is 25.3 Å². The summed E-state index contributed by atoms with van der Waals surface area (Å²) in [4.78, 5) is 45.0. The van der Waals surface area contributed by atoms with E-state index in [0.29, 0.717) is 29.8 Å². The van der Waals surface area contributed by atoms with Crippen LogP contribution in [-0.4, -0.2) is 66.9 Å². The van der Waals surface area contributed by atoms with Crippen LogP contribution in [0.1, 0.15) is 69.6 Å². The van der Waals surface area contributed by atoms with E-state index in [9.17, 15) is 14.4 Å². The second-order valence-corrected chi connectivity index (χ2v) is 9.36. The van der Waals surface area contributed by atoms with E-state index >= 15 is 0 Å². The van der Waals surface area contributed by atoms with Crippen LogP contribution in [0.4, 0.5) is 5.69 Å². The first-order valence-electron chi connectivity index (χ1n) is 12.3. The van der Waals surface area contributed by atoms with Crippen LogP contribution in [0.5, 0.6) is 5.75 Å². The van der Waals surface area contributed by atoms with Gasteiger partial charge in [0.25, 0.3) is 17.7 Å². The molecule has 0 N–H and O–H groups in total. The first-order valence-corrected chi connectivity index (χ1v) is 12.3. The Bertz CT molecular complexity index is 1090. The molecule has 1 saturated heterocycles. The quantitative estimate of drug-likeness (QED) is 0.645. The second kappa shape index (κ2) is 9.49. The van der Waals surface area contributed by atoms with Crippen molar-refractivity contribution in [3.8, 4) is 5.75 Å². The van der Waals surface area contributed by atoms with E-state index in [0.717, 1.165) is 63.1 Å². The number of nitrogens with zero attached hydrogens (tertiary/aromatic N) is 3.